The van der Waals surface area contributed by atoms with Crippen molar-refractivity contribution in [2.75, 3.05) is 11.5 Å². The van der Waals surface area contributed by atoms with Crippen LogP contribution >= 0.6 is 0 Å². The molecule has 0 saturated heterocycles. The van der Waals surface area contributed by atoms with Crippen LogP contribution in [0.25, 0.3) is 0 Å². The first-order chi connectivity index (χ1) is 17.8. The third kappa shape index (κ3) is 10.7. The zero-order valence-corrected chi connectivity index (χ0v) is 21.0. The Hall–Kier alpha value is -4.36. The summed E-state index contributed by atoms with van der Waals surface area (Å²) in [5, 5.41) is 7.51. The van der Waals surface area contributed by atoms with Crippen LogP contribution in [-0.4, -0.2) is 11.6 Å². The smallest absolute Gasteiger partial charge is 0.119 e. The van der Waals surface area contributed by atoms with E-state index in [1.807, 2.05) is 30.3 Å². The molecule has 4 aromatic rings. The lowest BCUT2D eigenvalue weighted by Gasteiger charge is -2.25. The fraction of sp³-hybridized carbons (Fsp3) is 0.188. The van der Waals surface area contributed by atoms with E-state index in [1.54, 1.807) is 18.5 Å². The van der Waals surface area contributed by atoms with Crippen LogP contribution in [0.5, 0.6) is 5.75 Å². The fourth-order valence-electron chi connectivity index (χ4n) is 3.32. The lowest BCUT2D eigenvalue weighted by atomic mass is 10.2. The summed E-state index contributed by atoms with van der Waals surface area (Å²) in [6.45, 7) is 6.14. The number of ether oxygens (including phenoxy) is 1. The van der Waals surface area contributed by atoms with Gasteiger partial charge >= 0.3 is 0 Å². The maximum absolute atomic E-state index is 7.51. The Kier molecular flexibility index (Phi) is 14.0. The van der Waals surface area contributed by atoms with E-state index >= 15 is 0 Å². The summed E-state index contributed by atoms with van der Waals surface area (Å²) in [6, 6.07) is 36.7. The SMILES string of the molecule is C=CC#N.CCCCCCOc1ccc(N(c2ccccc2)c2ccccc2)cc1.c1ccncc1. The molecule has 36 heavy (non-hydrogen) atoms. The number of para-hydroxylation sites is 2. The minimum atomic E-state index is 0.792. The van der Waals surface area contributed by atoms with Gasteiger partial charge in [-0.25, -0.2) is 0 Å². The van der Waals surface area contributed by atoms with Crippen LogP contribution in [0.1, 0.15) is 32.6 Å². The van der Waals surface area contributed by atoms with Crippen molar-refractivity contribution in [2.24, 2.45) is 0 Å². The molecule has 3 aromatic carbocycles. The number of pyridine rings is 1. The number of hydrogen-bond acceptors (Lipinski definition) is 4. The predicted octanol–water partition coefficient (Wildman–Crippen LogP) is 8.89. The van der Waals surface area contributed by atoms with Gasteiger partial charge in [-0.2, -0.15) is 5.26 Å². The summed E-state index contributed by atoms with van der Waals surface area (Å²) in [6.07, 6.45) is 9.58. The second-order valence-electron chi connectivity index (χ2n) is 7.77. The number of benzene rings is 3. The largest absolute Gasteiger partial charge is 0.494 e. The van der Waals surface area contributed by atoms with E-state index in [0.29, 0.717) is 0 Å². The first kappa shape index (κ1) is 27.9. The Balaban J connectivity index is 0.000000382. The molecule has 0 aliphatic rings. The van der Waals surface area contributed by atoms with Crippen molar-refractivity contribution < 1.29 is 4.74 Å². The molecule has 4 heteroatoms. The van der Waals surface area contributed by atoms with Crippen LogP contribution in [0.15, 0.2) is 128 Å². The number of rotatable bonds is 9. The van der Waals surface area contributed by atoms with Crippen LogP contribution in [0.3, 0.4) is 0 Å². The quantitative estimate of drug-likeness (QED) is 0.178. The Morgan fingerprint density at radius 1 is 0.750 bits per heavy atom. The van der Waals surface area contributed by atoms with Gasteiger partial charge in [-0.15, -0.1) is 0 Å². The number of allylic oxidation sites excluding steroid dienone is 1. The van der Waals surface area contributed by atoms with E-state index in [9.17, 15) is 0 Å². The number of aromatic nitrogens is 1. The highest BCUT2D eigenvalue weighted by Gasteiger charge is 2.11. The van der Waals surface area contributed by atoms with Gasteiger partial charge in [0.25, 0.3) is 0 Å². The van der Waals surface area contributed by atoms with Crippen LogP contribution < -0.4 is 9.64 Å². The lowest BCUT2D eigenvalue weighted by Crippen LogP contribution is -2.09. The van der Waals surface area contributed by atoms with Gasteiger partial charge in [0.15, 0.2) is 0 Å². The summed E-state index contributed by atoms with van der Waals surface area (Å²) >= 11 is 0. The molecule has 0 bridgehead atoms. The predicted molar refractivity (Wildman–Crippen MR) is 151 cm³/mol. The van der Waals surface area contributed by atoms with Crippen LogP contribution in [0.4, 0.5) is 17.1 Å². The zero-order chi connectivity index (χ0) is 25.7. The number of nitriles is 1. The van der Waals surface area contributed by atoms with E-state index in [4.69, 9.17) is 10.00 Å². The van der Waals surface area contributed by atoms with Gasteiger partial charge in [0.05, 0.1) is 12.7 Å². The highest BCUT2D eigenvalue weighted by atomic mass is 16.5. The van der Waals surface area contributed by atoms with Gasteiger partial charge < -0.3 is 9.64 Å². The van der Waals surface area contributed by atoms with Gasteiger partial charge in [0.2, 0.25) is 0 Å². The zero-order valence-electron chi connectivity index (χ0n) is 21.0. The molecule has 0 N–H and O–H groups in total. The minimum absolute atomic E-state index is 0.792. The second-order valence-corrected chi connectivity index (χ2v) is 7.77. The van der Waals surface area contributed by atoms with Crippen molar-refractivity contribution in [3.8, 4) is 11.8 Å². The summed E-state index contributed by atoms with van der Waals surface area (Å²) in [5.74, 6) is 0.936. The molecule has 0 fully saturated rings. The van der Waals surface area contributed by atoms with Crippen molar-refractivity contribution in [1.82, 2.24) is 4.98 Å². The molecule has 0 spiro atoms. The Labute approximate surface area is 216 Å². The molecule has 0 aliphatic carbocycles. The first-order valence-electron chi connectivity index (χ1n) is 12.3. The van der Waals surface area contributed by atoms with Gasteiger partial charge in [0, 0.05) is 35.5 Å². The molecule has 1 heterocycles. The summed E-state index contributed by atoms with van der Waals surface area (Å²) in [7, 11) is 0. The summed E-state index contributed by atoms with van der Waals surface area (Å²) in [5.41, 5.74) is 3.42. The third-order valence-electron chi connectivity index (χ3n) is 5.05. The van der Waals surface area contributed by atoms with E-state index in [2.05, 4.69) is 96.2 Å². The van der Waals surface area contributed by atoms with E-state index in [0.717, 1.165) is 35.8 Å². The number of nitrogens with zero attached hydrogens (tertiary/aromatic N) is 3. The molecule has 4 rings (SSSR count). The van der Waals surface area contributed by atoms with Gasteiger partial charge in [-0.05, 0) is 67.1 Å². The molecule has 0 aliphatic heterocycles. The molecule has 0 saturated carbocycles. The van der Waals surface area contributed by atoms with Crippen molar-refractivity contribution in [3.63, 3.8) is 0 Å². The van der Waals surface area contributed by atoms with Crippen molar-refractivity contribution in [1.29, 1.82) is 5.26 Å². The van der Waals surface area contributed by atoms with Gasteiger partial charge in [0.1, 0.15) is 5.75 Å². The second kappa shape index (κ2) is 18.0. The van der Waals surface area contributed by atoms with Crippen LogP contribution in [0.2, 0.25) is 0 Å². The monoisotopic (exact) mass is 477 g/mol. The molecule has 1 aromatic heterocycles. The maximum atomic E-state index is 7.51. The number of hydrogen-bond donors (Lipinski definition) is 0. The van der Waals surface area contributed by atoms with Crippen molar-refractivity contribution >= 4 is 17.1 Å². The Bertz CT molecular complexity index is 1040. The average Bonchev–Trinajstić information content (AvgIpc) is 2.96. The normalized spacial score (nSPS) is 9.33. The Morgan fingerprint density at radius 2 is 1.25 bits per heavy atom. The molecule has 0 amide bonds. The highest BCUT2D eigenvalue weighted by Crippen LogP contribution is 2.34. The molecular weight excluding hydrogens is 442 g/mol. The van der Waals surface area contributed by atoms with Crippen molar-refractivity contribution in [3.05, 3.63) is 128 Å². The number of unbranched alkanes of at least 4 members (excludes halogenated alkanes) is 3. The molecule has 0 radical (unpaired) electrons. The Morgan fingerprint density at radius 3 is 1.67 bits per heavy atom. The summed E-state index contributed by atoms with van der Waals surface area (Å²) in [4.78, 5) is 6.04. The molecule has 0 atom stereocenters. The van der Waals surface area contributed by atoms with Gasteiger partial charge in [-0.1, -0.05) is 75.2 Å². The molecule has 4 nitrogen and oxygen atoms in total. The first-order valence-corrected chi connectivity index (χ1v) is 12.3. The van der Waals surface area contributed by atoms with Crippen LogP contribution in [0, 0.1) is 11.3 Å². The molecular formula is C32H35N3O. The third-order valence-corrected chi connectivity index (χ3v) is 5.05. The summed E-state index contributed by atoms with van der Waals surface area (Å²) < 4.78 is 5.88. The molecule has 0 unspecified atom stereocenters. The van der Waals surface area contributed by atoms with Crippen LogP contribution in [-0.2, 0) is 0 Å². The van der Waals surface area contributed by atoms with E-state index in [-0.39, 0.29) is 0 Å². The lowest BCUT2D eigenvalue weighted by molar-refractivity contribution is 0.305. The number of anilines is 3. The topological polar surface area (TPSA) is 49.1 Å². The fourth-order valence-corrected chi connectivity index (χ4v) is 3.32. The highest BCUT2D eigenvalue weighted by molar-refractivity contribution is 5.76. The maximum Gasteiger partial charge on any atom is 0.119 e. The molecule has 184 valence electrons. The van der Waals surface area contributed by atoms with Gasteiger partial charge in [-0.3, -0.25) is 4.98 Å². The van der Waals surface area contributed by atoms with Crippen molar-refractivity contribution in [2.45, 2.75) is 32.6 Å². The van der Waals surface area contributed by atoms with E-state index in [1.165, 1.54) is 25.3 Å². The van der Waals surface area contributed by atoms with E-state index < -0.39 is 0 Å². The minimum Gasteiger partial charge on any atom is -0.494 e. The average molecular weight is 478 g/mol. The standard InChI is InChI=1S/C24H27NO.C5H5N.C3H3N/c1-2-3-4-11-20-26-24-18-16-23(17-19-24)25(21-12-7-5-8-13-21)22-14-9-6-10-15-22;1-2-4-6-5-3-1;1-2-3-4/h5-10,12-19H,2-4,11,20H2,1H3;1-5H;2H,1H2.